The van der Waals surface area contributed by atoms with Gasteiger partial charge in [0.25, 0.3) is 0 Å². The zero-order chi connectivity index (χ0) is 10.4. The average Bonchev–Trinajstić information content (AvgIpc) is 2.61. The first-order valence-electron chi connectivity index (χ1n) is 3.86. The van der Waals surface area contributed by atoms with Crippen molar-refractivity contribution in [1.82, 2.24) is 0 Å². The molecule has 1 nitrogen and oxygen atoms in total. The summed E-state index contributed by atoms with van der Waals surface area (Å²) in [6, 6.07) is 2.17. The molecule has 1 aromatic rings. The van der Waals surface area contributed by atoms with E-state index < -0.39 is 0 Å². The maximum atomic E-state index is 8.46. The quantitative estimate of drug-likeness (QED) is 0.449. The van der Waals surface area contributed by atoms with E-state index in [-0.39, 0.29) is 0 Å². The summed E-state index contributed by atoms with van der Waals surface area (Å²) < 4.78 is 4.16. The highest BCUT2D eigenvalue weighted by molar-refractivity contribution is 8.07. The Morgan fingerprint density at radius 1 is 1.43 bits per heavy atom. The van der Waals surface area contributed by atoms with Crippen LogP contribution in [0.1, 0.15) is 6.42 Å². The van der Waals surface area contributed by atoms with Crippen LogP contribution in [0.15, 0.2) is 11.9 Å². The second kappa shape index (κ2) is 6.96. The summed E-state index contributed by atoms with van der Waals surface area (Å²) in [4.78, 5) is 0. The van der Waals surface area contributed by atoms with Crippen molar-refractivity contribution in [1.29, 1.82) is 5.26 Å². The highest BCUT2D eigenvalue weighted by Crippen LogP contribution is 2.45. The third-order valence-corrected chi connectivity index (χ3v) is 8.08. The molecule has 0 N–H and O–H groups in total. The van der Waals surface area contributed by atoms with Crippen molar-refractivity contribution in [3.05, 3.63) is 0 Å². The molecule has 0 saturated carbocycles. The van der Waals surface area contributed by atoms with Gasteiger partial charge in [-0.05, 0) is 12.5 Å². The van der Waals surface area contributed by atoms with Crippen molar-refractivity contribution in [3.8, 4) is 6.07 Å². The van der Waals surface area contributed by atoms with Gasteiger partial charge in [0.2, 0.25) is 8.42 Å². The van der Waals surface area contributed by atoms with Gasteiger partial charge in [0.15, 0.2) is 0 Å². The molecular formula is C8H10NS5+. The smallest absolute Gasteiger partial charge is 0.198 e. The Morgan fingerprint density at radius 2 is 2.21 bits per heavy atom. The van der Waals surface area contributed by atoms with E-state index in [1.165, 1.54) is 11.9 Å². The fourth-order valence-electron chi connectivity index (χ4n) is 0.742. The maximum Gasteiger partial charge on any atom is 0.314 e. The Hall–Kier alpha value is 0.590. The van der Waals surface area contributed by atoms with Crippen molar-refractivity contribution in [2.45, 2.75) is 18.4 Å². The van der Waals surface area contributed by atoms with Crippen LogP contribution < -0.4 is 0 Å². The summed E-state index contributed by atoms with van der Waals surface area (Å²) in [5.41, 5.74) is 0. The molecule has 1 rings (SSSR count). The van der Waals surface area contributed by atoms with Crippen molar-refractivity contribution < 1.29 is 0 Å². The zero-order valence-corrected chi connectivity index (χ0v) is 12.0. The SMILES string of the molecule is CSc1sc(SCCC#N)c(SC)[s+]1. The number of rotatable bonds is 5. The van der Waals surface area contributed by atoms with Crippen molar-refractivity contribution in [2.24, 2.45) is 0 Å². The topological polar surface area (TPSA) is 23.8 Å². The van der Waals surface area contributed by atoms with Gasteiger partial charge in [-0.2, -0.15) is 5.26 Å². The Kier molecular flexibility index (Phi) is 6.29. The lowest BCUT2D eigenvalue weighted by molar-refractivity contribution is 1.24. The highest BCUT2D eigenvalue weighted by Gasteiger charge is 2.21. The fourth-order valence-corrected chi connectivity index (χ4v) is 7.01. The van der Waals surface area contributed by atoms with E-state index in [9.17, 15) is 0 Å². The molecule has 0 radical (unpaired) electrons. The first-order chi connectivity index (χ1) is 6.81. The van der Waals surface area contributed by atoms with Crippen LogP contribution in [0.5, 0.6) is 0 Å². The maximum absolute atomic E-state index is 8.46. The lowest BCUT2D eigenvalue weighted by Crippen LogP contribution is -1.73. The molecule has 1 heterocycles. The minimum Gasteiger partial charge on any atom is -0.198 e. The first kappa shape index (κ1) is 12.7. The molecular weight excluding hydrogens is 270 g/mol. The minimum atomic E-state index is 0.635. The number of nitriles is 1. The summed E-state index contributed by atoms with van der Waals surface area (Å²) in [5.74, 6) is 0.908. The van der Waals surface area contributed by atoms with E-state index in [0.717, 1.165) is 5.75 Å². The monoisotopic (exact) mass is 280 g/mol. The summed E-state index contributed by atoms with van der Waals surface area (Å²) >= 11 is 9.12. The lowest BCUT2D eigenvalue weighted by Gasteiger charge is -1.88. The fraction of sp³-hybridized carbons (Fsp3) is 0.500. The van der Waals surface area contributed by atoms with E-state index in [1.54, 1.807) is 35.3 Å². The van der Waals surface area contributed by atoms with Gasteiger partial charge in [-0.15, -0.1) is 0 Å². The Balaban J connectivity index is 2.64. The van der Waals surface area contributed by atoms with E-state index in [4.69, 9.17) is 5.26 Å². The van der Waals surface area contributed by atoms with Gasteiger partial charge in [0.05, 0.1) is 6.07 Å². The molecule has 0 aromatic carbocycles. The zero-order valence-electron chi connectivity index (χ0n) is 7.90. The third-order valence-electron chi connectivity index (χ3n) is 1.32. The molecule has 1 aromatic heterocycles. The Labute approximate surface area is 105 Å². The lowest BCUT2D eigenvalue weighted by atomic mass is 10.6. The summed E-state index contributed by atoms with van der Waals surface area (Å²) in [5, 5.41) is 8.46. The van der Waals surface area contributed by atoms with Crippen LogP contribution >= 0.6 is 58.0 Å². The van der Waals surface area contributed by atoms with Crippen molar-refractivity contribution in [3.63, 3.8) is 0 Å². The average molecular weight is 281 g/mol. The highest BCUT2D eigenvalue weighted by atomic mass is 32.2. The van der Waals surface area contributed by atoms with Crippen LogP contribution in [-0.4, -0.2) is 18.3 Å². The third kappa shape index (κ3) is 3.63. The van der Waals surface area contributed by atoms with Gasteiger partial charge in [0, 0.05) is 12.2 Å². The van der Waals surface area contributed by atoms with E-state index in [0.29, 0.717) is 6.42 Å². The van der Waals surface area contributed by atoms with E-state index in [1.807, 2.05) is 22.7 Å². The molecule has 0 spiro atoms. The van der Waals surface area contributed by atoms with Crippen LogP contribution in [0.3, 0.4) is 0 Å². The Morgan fingerprint density at radius 3 is 2.79 bits per heavy atom. The van der Waals surface area contributed by atoms with Crippen LogP contribution in [-0.2, 0) is 0 Å². The number of thioether (sulfide) groups is 3. The molecule has 0 unspecified atom stereocenters. The van der Waals surface area contributed by atoms with E-state index >= 15 is 0 Å². The predicted molar refractivity (Wildman–Crippen MR) is 71.1 cm³/mol. The number of nitrogens with zero attached hydrogens (tertiary/aromatic N) is 1. The number of hydrogen-bond acceptors (Lipinski definition) is 5. The van der Waals surface area contributed by atoms with Crippen molar-refractivity contribution >= 4 is 58.0 Å². The molecule has 0 aliphatic carbocycles. The summed E-state index contributed by atoms with van der Waals surface area (Å²) in [6.07, 6.45) is 4.85. The van der Waals surface area contributed by atoms with Gasteiger partial charge >= 0.3 is 3.52 Å². The van der Waals surface area contributed by atoms with Gasteiger partial charge in [-0.3, -0.25) is 0 Å². The summed E-state index contributed by atoms with van der Waals surface area (Å²) in [7, 11) is 0. The molecule has 0 bridgehead atoms. The second-order valence-electron chi connectivity index (χ2n) is 2.19. The molecule has 0 amide bonds. The first-order valence-corrected chi connectivity index (χ1v) is 8.93. The van der Waals surface area contributed by atoms with Gasteiger partial charge < -0.3 is 0 Å². The second-order valence-corrected chi connectivity index (χ2v) is 8.27. The van der Waals surface area contributed by atoms with Crippen LogP contribution in [0.25, 0.3) is 0 Å². The molecule has 6 heteroatoms. The van der Waals surface area contributed by atoms with Crippen molar-refractivity contribution in [2.75, 3.05) is 18.3 Å². The summed E-state index contributed by atoms with van der Waals surface area (Å²) in [6.45, 7) is 0. The van der Waals surface area contributed by atoms with Crippen LogP contribution in [0.4, 0.5) is 0 Å². The van der Waals surface area contributed by atoms with Gasteiger partial charge in [-0.1, -0.05) is 35.3 Å². The predicted octanol–water partition coefficient (Wildman–Crippen LogP) is 4.54. The molecule has 14 heavy (non-hydrogen) atoms. The molecule has 0 aliphatic heterocycles. The van der Waals surface area contributed by atoms with Gasteiger partial charge in [-0.25, -0.2) is 0 Å². The van der Waals surface area contributed by atoms with E-state index in [2.05, 4.69) is 18.6 Å². The van der Waals surface area contributed by atoms with Gasteiger partial charge in [0.1, 0.15) is 22.7 Å². The Bertz CT molecular complexity index is 327. The normalized spacial score (nSPS) is 10.1. The largest absolute Gasteiger partial charge is 0.314 e. The standard InChI is InChI=1S/C8H10NS5/c1-10-6-7(12-5-3-4-9)14-8(11-2)13-6/h3,5H2,1-2H3/q+1. The molecule has 0 saturated heterocycles. The van der Waals surface area contributed by atoms with Crippen LogP contribution in [0, 0.1) is 11.3 Å². The molecule has 0 atom stereocenters. The molecule has 0 aliphatic rings. The molecule has 0 fully saturated rings. The molecule has 76 valence electrons. The number of hydrogen-bond donors (Lipinski definition) is 0. The minimum absolute atomic E-state index is 0.635. The van der Waals surface area contributed by atoms with Crippen LogP contribution in [0.2, 0.25) is 0 Å².